The lowest BCUT2D eigenvalue weighted by atomic mass is 9.98. The molecule has 0 saturated carbocycles. The van der Waals surface area contributed by atoms with Gasteiger partial charge in [-0.1, -0.05) is 0 Å². The van der Waals surface area contributed by atoms with Crippen LogP contribution in [0.3, 0.4) is 0 Å². The van der Waals surface area contributed by atoms with E-state index in [0.29, 0.717) is 19.3 Å². The first-order valence-electron chi connectivity index (χ1n) is 6.83. The van der Waals surface area contributed by atoms with Crippen LogP contribution in [0.4, 0.5) is 0 Å². The number of hydrogen-bond acceptors (Lipinski definition) is 4. The number of ether oxygens (including phenoxy) is 2. The molecule has 2 atom stereocenters. The van der Waals surface area contributed by atoms with Crippen LogP contribution < -0.4 is 5.32 Å². The Bertz CT molecular complexity index is 211. The molecule has 0 spiro atoms. The molecule has 1 N–H and O–H groups in total. The fourth-order valence-electron chi connectivity index (χ4n) is 3.16. The van der Waals surface area contributed by atoms with Crippen LogP contribution in [0.2, 0.25) is 0 Å². The maximum absolute atomic E-state index is 5.46. The van der Waals surface area contributed by atoms with Crippen molar-refractivity contribution in [2.75, 3.05) is 40.5 Å². The van der Waals surface area contributed by atoms with E-state index in [1.54, 1.807) is 7.11 Å². The van der Waals surface area contributed by atoms with E-state index >= 15 is 0 Å². The Morgan fingerprint density at radius 2 is 1.82 bits per heavy atom. The minimum absolute atomic E-state index is 0.693. The van der Waals surface area contributed by atoms with E-state index in [0.717, 1.165) is 25.2 Å². The Balaban J connectivity index is 1.55. The zero-order chi connectivity index (χ0) is 12.1. The Morgan fingerprint density at radius 1 is 1.12 bits per heavy atom. The first-order valence-corrected chi connectivity index (χ1v) is 6.83. The maximum atomic E-state index is 5.46. The summed E-state index contributed by atoms with van der Waals surface area (Å²) in [6.45, 7) is 3.16. The zero-order valence-electron chi connectivity index (χ0n) is 11.2. The molecule has 0 aliphatic carbocycles. The van der Waals surface area contributed by atoms with Crippen molar-refractivity contribution in [3.05, 3.63) is 0 Å². The molecule has 4 heteroatoms. The van der Waals surface area contributed by atoms with Gasteiger partial charge in [0.15, 0.2) is 0 Å². The molecule has 2 saturated heterocycles. The van der Waals surface area contributed by atoms with Gasteiger partial charge in [-0.3, -0.25) is 0 Å². The van der Waals surface area contributed by atoms with Gasteiger partial charge in [0.25, 0.3) is 0 Å². The summed E-state index contributed by atoms with van der Waals surface area (Å²) in [6.07, 6.45) is 5.41. The van der Waals surface area contributed by atoms with Crippen LogP contribution in [0.15, 0.2) is 0 Å². The molecule has 0 aromatic heterocycles. The summed E-state index contributed by atoms with van der Waals surface area (Å²) < 4.78 is 10.4. The molecule has 17 heavy (non-hydrogen) atoms. The lowest BCUT2D eigenvalue weighted by molar-refractivity contribution is 0.0683. The molecule has 2 rings (SSSR count). The Kier molecular flexibility index (Phi) is 5.22. The van der Waals surface area contributed by atoms with Crippen LogP contribution in [0.1, 0.15) is 25.7 Å². The van der Waals surface area contributed by atoms with Crippen LogP contribution in [-0.4, -0.2) is 63.5 Å². The highest BCUT2D eigenvalue weighted by molar-refractivity contribution is 4.95. The van der Waals surface area contributed by atoms with Gasteiger partial charge >= 0.3 is 0 Å². The first-order chi connectivity index (χ1) is 8.31. The normalized spacial score (nSPS) is 33.2. The summed E-state index contributed by atoms with van der Waals surface area (Å²) in [6, 6.07) is 2.34. The molecule has 0 amide bonds. The predicted molar refractivity (Wildman–Crippen MR) is 68.3 cm³/mol. The molecule has 2 aliphatic rings. The number of piperidine rings is 1. The minimum atomic E-state index is 0.693. The highest BCUT2D eigenvalue weighted by Crippen LogP contribution is 2.33. The van der Waals surface area contributed by atoms with E-state index in [4.69, 9.17) is 9.47 Å². The summed E-state index contributed by atoms with van der Waals surface area (Å²) in [4.78, 5) is 2.58. The van der Waals surface area contributed by atoms with Crippen molar-refractivity contribution >= 4 is 0 Å². The fourth-order valence-corrected chi connectivity index (χ4v) is 3.16. The van der Waals surface area contributed by atoms with Crippen molar-refractivity contribution in [1.29, 1.82) is 0 Å². The topological polar surface area (TPSA) is 33.7 Å². The Hall–Kier alpha value is -0.160. The first kappa shape index (κ1) is 13.3. The van der Waals surface area contributed by atoms with Crippen LogP contribution in [0.5, 0.6) is 0 Å². The second-order valence-electron chi connectivity index (χ2n) is 5.28. The third-order valence-electron chi connectivity index (χ3n) is 4.21. The van der Waals surface area contributed by atoms with Gasteiger partial charge in [0.1, 0.15) is 0 Å². The smallest absolute Gasteiger partial charge is 0.0700 e. The van der Waals surface area contributed by atoms with E-state index < -0.39 is 0 Å². The van der Waals surface area contributed by atoms with Crippen molar-refractivity contribution in [2.24, 2.45) is 0 Å². The number of nitrogens with zero attached hydrogens (tertiary/aromatic N) is 1. The summed E-state index contributed by atoms with van der Waals surface area (Å²) >= 11 is 0. The second-order valence-corrected chi connectivity index (χ2v) is 5.28. The van der Waals surface area contributed by atoms with Crippen molar-refractivity contribution in [3.63, 3.8) is 0 Å². The van der Waals surface area contributed by atoms with Crippen LogP contribution in [0.25, 0.3) is 0 Å². The van der Waals surface area contributed by atoms with Gasteiger partial charge in [-0.15, -0.1) is 0 Å². The number of methoxy groups -OCH3 is 1. The highest BCUT2D eigenvalue weighted by atomic mass is 16.5. The average Bonchev–Trinajstić information content (AvgIpc) is 2.55. The molecule has 2 unspecified atom stereocenters. The third-order valence-corrected chi connectivity index (χ3v) is 4.21. The molecule has 0 radical (unpaired) electrons. The Labute approximate surface area is 105 Å². The SMILES string of the molecule is COCCOCCNC1CC2CCC(C1)N2C. The lowest BCUT2D eigenvalue weighted by Gasteiger charge is -2.36. The molecule has 2 heterocycles. The second kappa shape index (κ2) is 6.69. The summed E-state index contributed by atoms with van der Waals surface area (Å²) in [5.74, 6) is 0. The van der Waals surface area contributed by atoms with Gasteiger partial charge in [0.2, 0.25) is 0 Å². The molecule has 0 aromatic carbocycles. The molecular formula is C13H26N2O2. The average molecular weight is 242 g/mol. The zero-order valence-corrected chi connectivity index (χ0v) is 11.2. The van der Waals surface area contributed by atoms with E-state index in [-0.39, 0.29) is 0 Å². The molecule has 2 aliphatic heterocycles. The highest BCUT2D eigenvalue weighted by Gasteiger charge is 2.37. The van der Waals surface area contributed by atoms with Crippen LogP contribution in [-0.2, 0) is 9.47 Å². The largest absolute Gasteiger partial charge is 0.382 e. The van der Waals surface area contributed by atoms with Gasteiger partial charge in [-0.05, 0) is 32.7 Å². The number of rotatable bonds is 7. The molecule has 0 aromatic rings. The molecule has 2 fully saturated rings. The van der Waals surface area contributed by atoms with Crippen molar-refractivity contribution in [1.82, 2.24) is 10.2 Å². The van der Waals surface area contributed by atoms with Crippen molar-refractivity contribution < 1.29 is 9.47 Å². The van der Waals surface area contributed by atoms with Crippen molar-refractivity contribution in [2.45, 2.75) is 43.8 Å². The summed E-state index contributed by atoms with van der Waals surface area (Å²) in [5, 5.41) is 3.63. The molecule has 4 nitrogen and oxygen atoms in total. The minimum Gasteiger partial charge on any atom is -0.382 e. The van der Waals surface area contributed by atoms with Gasteiger partial charge < -0.3 is 19.7 Å². The van der Waals surface area contributed by atoms with Gasteiger partial charge in [-0.2, -0.15) is 0 Å². The van der Waals surface area contributed by atoms with E-state index in [9.17, 15) is 0 Å². The van der Waals surface area contributed by atoms with Gasteiger partial charge in [0.05, 0.1) is 19.8 Å². The van der Waals surface area contributed by atoms with E-state index in [2.05, 4.69) is 17.3 Å². The maximum Gasteiger partial charge on any atom is 0.0700 e. The van der Waals surface area contributed by atoms with Gasteiger partial charge in [-0.25, -0.2) is 0 Å². The predicted octanol–water partition coefficient (Wildman–Crippen LogP) is 0.864. The summed E-state index contributed by atoms with van der Waals surface area (Å²) in [5.41, 5.74) is 0. The number of fused-ring (bicyclic) bond motifs is 2. The number of nitrogens with one attached hydrogen (secondary N) is 1. The quantitative estimate of drug-likeness (QED) is 0.672. The standard InChI is InChI=1S/C13H26N2O2/c1-15-12-3-4-13(15)10-11(9-12)14-5-6-17-8-7-16-2/h11-14H,3-10H2,1-2H3. The molecule has 2 bridgehead atoms. The van der Waals surface area contributed by atoms with Gasteiger partial charge in [0, 0.05) is 31.8 Å². The molecular weight excluding hydrogens is 216 g/mol. The molecule has 100 valence electrons. The monoisotopic (exact) mass is 242 g/mol. The van der Waals surface area contributed by atoms with Crippen LogP contribution >= 0.6 is 0 Å². The Morgan fingerprint density at radius 3 is 2.47 bits per heavy atom. The van der Waals surface area contributed by atoms with Crippen LogP contribution in [0, 0.1) is 0 Å². The van der Waals surface area contributed by atoms with E-state index in [1.807, 2.05) is 0 Å². The number of hydrogen-bond donors (Lipinski definition) is 1. The van der Waals surface area contributed by atoms with E-state index in [1.165, 1.54) is 25.7 Å². The lowest BCUT2D eigenvalue weighted by Crippen LogP contribution is -2.47. The van der Waals surface area contributed by atoms with Crippen molar-refractivity contribution in [3.8, 4) is 0 Å². The third kappa shape index (κ3) is 3.65. The fraction of sp³-hybridized carbons (Fsp3) is 1.00. The summed E-state index contributed by atoms with van der Waals surface area (Å²) in [7, 11) is 3.99.